The van der Waals surface area contributed by atoms with Crippen molar-refractivity contribution in [1.29, 1.82) is 0 Å². The van der Waals surface area contributed by atoms with E-state index in [1.807, 2.05) is 35.7 Å². The number of thiocarbonyl (C=S) groups is 1. The molecule has 1 saturated heterocycles. The second kappa shape index (κ2) is 11.8. The van der Waals surface area contributed by atoms with E-state index in [9.17, 15) is 4.79 Å². The second-order valence-corrected chi connectivity index (χ2v) is 10.7. The maximum Gasteiger partial charge on any atom is 0.275 e. The van der Waals surface area contributed by atoms with E-state index in [1.54, 1.807) is 11.3 Å². The maximum atomic E-state index is 13.1. The normalized spacial score (nSPS) is 15.0. The number of amides is 1. The number of rotatable bonds is 7. The van der Waals surface area contributed by atoms with Crippen LogP contribution in [0.5, 0.6) is 0 Å². The first-order chi connectivity index (χ1) is 16.9. The Bertz CT molecular complexity index is 1150. The van der Waals surface area contributed by atoms with E-state index in [2.05, 4.69) is 54.5 Å². The number of benzene rings is 2. The molecule has 1 amide bonds. The lowest BCUT2D eigenvalue weighted by atomic mass is 9.98. The average molecular weight is 507 g/mol. The first-order valence-corrected chi connectivity index (χ1v) is 13.7. The summed E-state index contributed by atoms with van der Waals surface area (Å²) in [5.74, 6) is 0.824. The molecular formula is C28H34N4OS2. The van der Waals surface area contributed by atoms with Gasteiger partial charge in [0.15, 0.2) is 5.11 Å². The number of hydrogen-bond acceptors (Lipinski definition) is 4. The monoisotopic (exact) mass is 506 g/mol. The summed E-state index contributed by atoms with van der Waals surface area (Å²) in [5, 5.41) is 10.3. The molecule has 0 aliphatic carbocycles. The topological polar surface area (TPSA) is 57.3 Å². The van der Waals surface area contributed by atoms with Crippen LogP contribution in [0, 0.1) is 12.8 Å². The predicted octanol–water partition coefficient (Wildman–Crippen LogP) is 6.47. The summed E-state index contributed by atoms with van der Waals surface area (Å²) in [4.78, 5) is 20.1. The fraction of sp³-hybridized carbons (Fsp3) is 0.393. The number of piperidine rings is 1. The number of aromatic nitrogens is 1. The molecule has 0 radical (unpaired) electrons. The van der Waals surface area contributed by atoms with Crippen molar-refractivity contribution >= 4 is 40.3 Å². The molecule has 2 N–H and O–H groups in total. The third-order valence-electron chi connectivity index (χ3n) is 6.69. The van der Waals surface area contributed by atoms with E-state index >= 15 is 0 Å². The zero-order valence-corrected chi connectivity index (χ0v) is 22.3. The highest BCUT2D eigenvalue weighted by molar-refractivity contribution is 7.80. The van der Waals surface area contributed by atoms with Gasteiger partial charge >= 0.3 is 0 Å². The molecule has 5 nitrogen and oxygen atoms in total. The number of carbonyl (C=O) groups excluding carboxylic acids is 1. The van der Waals surface area contributed by atoms with Crippen molar-refractivity contribution in [1.82, 2.24) is 15.2 Å². The van der Waals surface area contributed by atoms with Crippen molar-refractivity contribution in [3.8, 4) is 11.1 Å². The van der Waals surface area contributed by atoms with Crippen LogP contribution >= 0.6 is 23.6 Å². The van der Waals surface area contributed by atoms with Crippen LogP contribution in [0.4, 0.5) is 5.69 Å². The molecule has 3 aromatic rings. The number of nitrogens with zero attached hydrogens (tertiary/aromatic N) is 2. The molecule has 1 aliphatic rings. The smallest absolute Gasteiger partial charge is 0.275 e. The van der Waals surface area contributed by atoms with Crippen LogP contribution in [0.1, 0.15) is 60.1 Å². The molecule has 2 aromatic carbocycles. The summed E-state index contributed by atoms with van der Waals surface area (Å²) < 4.78 is 0. The molecule has 1 unspecified atom stereocenters. The predicted molar refractivity (Wildman–Crippen MR) is 150 cm³/mol. The van der Waals surface area contributed by atoms with Gasteiger partial charge in [0.25, 0.3) is 5.91 Å². The molecule has 1 atom stereocenters. The van der Waals surface area contributed by atoms with Crippen molar-refractivity contribution in [2.75, 3.05) is 25.0 Å². The van der Waals surface area contributed by atoms with Gasteiger partial charge in [-0.3, -0.25) is 4.79 Å². The fourth-order valence-electron chi connectivity index (χ4n) is 4.24. The summed E-state index contributed by atoms with van der Waals surface area (Å²) in [6.45, 7) is 9.26. The highest BCUT2D eigenvalue weighted by Gasteiger charge is 2.25. The standard InChI is InChI=1S/C28H34N4OS2/c1-4-19(2)17-29-28(34)32-14-12-22(13-15-32)27-31-25(18-35-27)26(33)30-24-11-10-20(3)16-23(24)21-8-6-5-7-9-21/h5-11,16,18-19,22H,4,12-15,17H2,1-3H3,(H,29,34)(H,30,33). The van der Waals surface area contributed by atoms with E-state index < -0.39 is 0 Å². The van der Waals surface area contributed by atoms with Crippen molar-refractivity contribution in [3.63, 3.8) is 0 Å². The van der Waals surface area contributed by atoms with Crippen LogP contribution in [-0.2, 0) is 0 Å². The van der Waals surface area contributed by atoms with Gasteiger partial charge in [-0.1, -0.05) is 62.2 Å². The van der Waals surface area contributed by atoms with Gasteiger partial charge in [-0.25, -0.2) is 4.98 Å². The Morgan fingerprint density at radius 1 is 1.20 bits per heavy atom. The van der Waals surface area contributed by atoms with Gasteiger partial charge in [-0.2, -0.15) is 0 Å². The highest BCUT2D eigenvalue weighted by Crippen LogP contribution is 2.32. The lowest BCUT2D eigenvalue weighted by Gasteiger charge is -2.33. The van der Waals surface area contributed by atoms with Gasteiger partial charge in [0.2, 0.25) is 0 Å². The van der Waals surface area contributed by atoms with Gasteiger partial charge in [0, 0.05) is 42.2 Å². The highest BCUT2D eigenvalue weighted by atomic mass is 32.1. The molecule has 1 fully saturated rings. The van der Waals surface area contributed by atoms with Crippen molar-refractivity contribution in [3.05, 3.63) is 70.2 Å². The lowest BCUT2D eigenvalue weighted by Crippen LogP contribution is -2.45. The molecule has 184 valence electrons. The lowest BCUT2D eigenvalue weighted by molar-refractivity contribution is 0.102. The molecule has 1 aliphatic heterocycles. The molecule has 0 bridgehead atoms. The summed E-state index contributed by atoms with van der Waals surface area (Å²) >= 11 is 7.18. The minimum atomic E-state index is -0.165. The Morgan fingerprint density at radius 3 is 2.66 bits per heavy atom. The number of nitrogens with one attached hydrogen (secondary N) is 2. The number of likely N-dealkylation sites (tertiary alicyclic amines) is 1. The minimum Gasteiger partial charge on any atom is -0.362 e. The zero-order valence-electron chi connectivity index (χ0n) is 20.7. The first kappa shape index (κ1) is 25.3. The van der Waals surface area contributed by atoms with Crippen LogP contribution in [0.25, 0.3) is 11.1 Å². The zero-order chi connectivity index (χ0) is 24.8. The van der Waals surface area contributed by atoms with Crippen LogP contribution in [0.3, 0.4) is 0 Å². The van der Waals surface area contributed by atoms with Crippen LogP contribution in [-0.4, -0.2) is 40.5 Å². The Hall–Kier alpha value is -2.77. The first-order valence-electron chi connectivity index (χ1n) is 12.4. The van der Waals surface area contributed by atoms with Gasteiger partial charge < -0.3 is 15.5 Å². The average Bonchev–Trinajstić information content (AvgIpc) is 3.39. The Balaban J connectivity index is 1.37. The Morgan fingerprint density at radius 2 is 1.94 bits per heavy atom. The molecule has 0 spiro atoms. The second-order valence-electron chi connectivity index (χ2n) is 9.40. The third-order valence-corrected chi connectivity index (χ3v) is 8.10. The molecule has 7 heteroatoms. The third kappa shape index (κ3) is 6.47. The van der Waals surface area contributed by atoms with E-state index in [1.165, 1.54) is 0 Å². The SMILES string of the molecule is CCC(C)CNC(=S)N1CCC(c2nc(C(=O)Nc3ccc(C)cc3-c3ccccc3)cs2)CC1. The number of thiazole rings is 1. The molecule has 2 heterocycles. The van der Waals surface area contributed by atoms with Crippen molar-refractivity contribution in [2.24, 2.45) is 5.92 Å². The summed E-state index contributed by atoms with van der Waals surface area (Å²) in [6.07, 6.45) is 3.14. The van der Waals surface area contributed by atoms with Crippen LogP contribution in [0.2, 0.25) is 0 Å². The van der Waals surface area contributed by atoms with Crippen LogP contribution < -0.4 is 10.6 Å². The van der Waals surface area contributed by atoms with E-state index in [-0.39, 0.29) is 5.91 Å². The van der Waals surface area contributed by atoms with E-state index in [4.69, 9.17) is 17.2 Å². The molecule has 4 rings (SSSR count). The van der Waals surface area contributed by atoms with Gasteiger partial charge in [-0.15, -0.1) is 11.3 Å². The Kier molecular flexibility index (Phi) is 8.52. The van der Waals surface area contributed by atoms with Gasteiger partial charge in [0.1, 0.15) is 5.69 Å². The van der Waals surface area contributed by atoms with Crippen molar-refractivity contribution < 1.29 is 4.79 Å². The number of aryl methyl sites for hydroxylation is 1. The van der Waals surface area contributed by atoms with E-state index in [0.29, 0.717) is 17.5 Å². The quantitative estimate of drug-likeness (QED) is 0.360. The molecule has 35 heavy (non-hydrogen) atoms. The number of carbonyl (C=O) groups is 1. The molecule has 0 saturated carbocycles. The van der Waals surface area contributed by atoms with Crippen LogP contribution in [0.15, 0.2) is 53.9 Å². The largest absolute Gasteiger partial charge is 0.362 e. The van der Waals surface area contributed by atoms with E-state index in [0.717, 1.165) is 71.4 Å². The minimum absolute atomic E-state index is 0.165. The summed E-state index contributed by atoms with van der Waals surface area (Å²) in [5.41, 5.74) is 4.53. The summed E-state index contributed by atoms with van der Waals surface area (Å²) in [7, 11) is 0. The van der Waals surface area contributed by atoms with Gasteiger partial charge in [-0.05, 0) is 55.6 Å². The maximum absolute atomic E-state index is 13.1. The van der Waals surface area contributed by atoms with Gasteiger partial charge in [0.05, 0.1) is 5.01 Å². The Labute approximate surface area is 218 Å². The fourth-order valence-corrected chi connectivity index (χ4v) is 5.47. The number of anilines is 1. The number of hydrogen-bond donors (Lipinski definition) is 2. The van der Waals surface area contributed by atoms with Crippen molar-refractivity contribution in [2.45, 2.75) is 46.0 Å². The molecule has 1 aromatic heterocycles. The summed E-state index contributed by atoms with van der Waals surface area (Å²) in [6, 6.07) is 16.2. The molecular weight excluding hydrogens is 472 g/mol.